The van der Waals surface area contributed by atoms with Crippen molar-refractivity contribution >= 4 is 27.5 Å². The normalized spacial score (nSPS) is 17.1. The number of halogens is 1. The molecule has 1 saturated heterocycles. The second-order valence-electron chi connectivity index (χ2n) is 5.08. The SMILES string of the molecule is CCN1CCN(CCC(=O)Nc2cccc(Br)c2)CC1. The number of hydrogen-bond acceptors (Lipinski definition) is 3. The van der Waals surface area contributed by atoms with Gasteiger partial charge in [0.1, 0.15) is 0 Å². The van der Waals surface area contributed by atoms with Crippen LogP contribution >= 0.6 is 15.9 Å². The van der Waals surface area contributed by atoms with Crippen LogP contribution in [0.2, 0.25) is 0 Å². The lowest BCUT2D eigenvalue weighted by Crippen LogP contribution is -2.46. The summed E-state index contributed by atoms with van der Waals surface area (Å²) in [7, 11) is 0. The Morgan fingerprint density at radius 1 is 1.25 bits per heavy atom. The third kappa shape index (κ3) is 4.89. The Morgan fingerprint density at radius 2 is 1.95 bits per heavy atom. The highest BCUT2D eigenvalue weighted by Crippen LogP contribution is 2.15. The van der Waals surface area contributed by atoms with Crippen LogP contribution in [-0.2, 0) is 4.79 Å². The van der Waals surface area contributed by atoms with Gasteiger partial charge in [0.25, 0.3) is 0 Å². The van der Waals surface area contributed by atoms with Crippen LogP contribution in [0.3, 0.4) is 0 Å². The van der Waals surface area contributed by atoms with Crippen LogP contribution < -0.4 is 5.32 Å². The molecule has 5 heteroatoms. The van der Waals surface area contributed by atoms with Gasteiger partial charge in [-0.3, -0.25) is 4.79 Å². The van der Waals surface area contributed by atoms with E-state index in [1.54, 1.807) is 0 Å². The van der Waals surface area contributed by atoms with E-state index in [2.05, 4.69) is 38.0 Å². The molecule has 1 N–H and O–H groups in total. The molecule has 20 heavy (non-hydrogen) atoms. The molecule has 1 amide bonds. The van der Waals surface area contributed by atoms with Gasteiger partial charge in [0.05, 0.1) is 0 Å². The van der Waals surface area contributed by atoms with Crippen LogP contribution in [0.25, 0.3) is 0 Å². The second kappa shape index (κ2) is 7.76. The van der Waals surface area contributed by atoms with Gasteiger partial charge < -0.3 is 15.1 Å². The number of carbonyl (C=O) groups excluding carboxylic acids is 1. The third-order valence-corrected chi connectivity index (χ3v) is 4.17. The quantitative estimate of drug-likeness (QED) is 0.894. The molecule has 0 unspecified atom stereocenters. The van der Waals surface area contributed by atoms with E-state index in [9.17, 15) is 4.79 Å². The van der Waals surface area contributed by atoms with Crippen molar-refractivity contribution in [3.05, 3.63) is 28.7 Å². The Hall–Kier alpha value is -0.910. The van der Waals surface area contributed by atoms with Crippen LogP contribution in [0.1, 0.15) is 13.3 Å². The highest BCUT2D eigenvalue weighted by atomic mass is 79.9. The van der Waals surface area contributed by atoms with Gasteiger partial charge in [-0.05, 0) is 24.7 Å². The summed E-state index contributed by atoms with van der Waals surface area (Å²) in [6.07, 6.45) is 0.554. The first-order valence-corrected chi connectivity index (χ1v) is 7.97. The fourth-order valence-electron chi connectivity index (χ4n) is 2.38. The largest absolute Gasteiger partial charge is 0.326 e. The maximum Gasteiger partial charge on any atom is 0.225 e. The number of hydrogen-bond donors (Lipinski definition) is 1. The number of nitrogens with one attached hydrogen (secondary N) is 1. The van der Waals surface area contributed by atoms with Crippen molar-refractivity contribution in [1.29, 1.82) is 0 Å². The summed E-state index contributed by atoms with van der Waals surface area (Å²) in [4.78, 5) is 16.7. The highest BCUT2D eigenvalue weighted by molar-refractivity contribution is 9.10. The summed E-state index contributed by atoms with van der Waals surface area (Å²) in [6.45, 7) is 8.53. The molecule has 1 heterocycles. The summed E-state index contributed by atoms with van der Waals surface area (Å²) in [6, 6.07) is 7.69. The Morgan fingerprint density at radius 3 is 2.60 bits per heavy atom. The second-order valence-corrected chi connectivity index (χ2v) is 6.00. The van der Waals surface area contributed by atoms with E-state index >= 15 is 0 Å². The number of nitrogens with zero attached hydrogens (tertiary/aromatic N) is 2. The van der Waals surface area contributed by atoms with Crippen molar-refractivity contribution in [2.45, 2.75) is 13.3 Å². The van der Waals surface area contributed by atoms with Gasteiger partial charge in [0, 0.05) is 49.3 Å². The summed E-state index contributed by atoms with van der Waals surface area (Å²) in [5.74, 6) is 0.0843. The van der Waals surface area contributed by atoms with E-state index in [0.717, 1.165) is 49.4 Å². The predicted molar refractivity (Wildman–Crippen MR) is 85.9 cm³/mol. The summed E-state index contributed by atoms with van der Waals surface area (Å²) < 4.78 is 0.978. The molecule has 0 spiro atoms. The third-order valence-electron chi connectivity index (χ3n) is 3.68. The van der Waals surface area contributed by atoms with Crippen LogP contribution in [-0.4, -0.2) is 55.0 Å². The van der Waals surface area contributed by atoms with Crippen molar-refractivity contribution in [2.75, 3.05) is 44.6 Å². The van der Waals surface area contributed by atoms with Crippen molar-refractivity contribution in [3.63, 3.8) is 0 Å². The molecule has 1 aliphatic rings. The minimum Gasteiger partial charge on any atom is -0.326 e. The standard InChI is InChI=1S/C15H22BrN3O/c1-2-18-8-10-19(11-9-18)7-6-15(20)17-14-5-3-4-13(16)12-14/h3-5,12H,2,6-11H2,1H3,(H,17,20). The number of carbonyl (C=O) groups is 1. The highest BCUT2D eigenvalue weighted by Gasteiger charge is 2.16. The minimum absolute atomic E-state index is 0.0843. The van der Waals surface area contributed by atoms with E-state index < -0.39 is 0 Å². The Bertz CT molecular complexity index is 444. The molecule has 1 aromatic carbocycles. The molecule has 0 aromatic heterocycles. The van der Waals surface area contributed by atoms with Crippen LogP contribution in [0.15, 0.2) is 28.7 Å². The average Bonchev–Trinajstić information content (AvgIpc) is 2.46. The zero-order valence-corrected chi connectivity index (χ0v) is 13.5. The molecule has 1 aliphatic heterocycles. The number of amides is 1. The summed E-state index contributed by atoms with van der Waals surface area (Å²) in [5.41, 5.74) is 0.847. The van der Waals surface area contributed by atoms with Gasteiger partial charge in [-0.2, -0.15) is 0 Å². The lowest BCUT2D eigenvalue weighted by molar-refractivity contribution is -0.116. The number of anilines is 1. The summed E-state index contributed by atoms with van der Waals surface area (Å²) >= 11 is 3.40. The van der Waals surface area contributed by atoms with E-state index in [1.807, 2.05) is 24.3 Å². The molecule has 0 aliphatic carbocycles. The fraction of sp³-hybridized carbons (Fsp3) is 0.533. The zero-order valence-electron chi connectivity index (χ0n) is 11.9. The number of benzene rings is 1. The predicted octanol–water partition coefficient (Wildman–Crippen LogP) is 2.42. The van der Waals surface area contributed by atoms with Crippen LogP contribution in [0, 0.1) is 0 Å². The lowest BCUT2D eigenvalue weighted by atomic mass is 10.2. The van der Waals surface area contributed by atoms with E-state index in [1.165, 1.54) is 0 Å². The Kier molecular flexibility index (Phi) is 6.01. The molecule has 0 radical (unpaired) electrons. The maximum absolute atomic E-state index is 11.9. The molecule has 110 valence electrons. The van der Waals surface area contributed by atoms with Crippen LogP contribution in [0.4, 0.5) is 5.69 Å². The van der Waals surface area contributed by atoms with Gasteiger partial charge in [0.15, 0.2) is 0 Å². The van der Waals surface area contributed by atoms with E-state index in [4.69, 9.17) is 0 Å². The average molecular weight is 340 g/mol. The van der Waals surface area contributed by atoms with E-state index in [0.29, 0.717) is 6.42 Å². The molecular formula is C15H22BrN3O. The summed E-state index contributed by atoms with van der Waals surface area (Å²) in [5, 5.41) is 2.94. The molecule has 4 nitrogen and oxygen atoms in total. The molecule has 1 fully saturated rings. The molecule has 1 aromatic rings. The first kappa shape index (κ1) is 15.5. The Balaban J connectivity index is 1.70. The first-order chi connectivity index (χ1) is 9.67. The topological polar surface area (TPSA) is 35.6 Å². The van der Waals surface area contributed by atoms with Crippen molar-refractivity contribution in [2.24, 2.45) is 0 Å². The molecule has 0 bridgehead atoms. The Labute approximate surface area is 129 Å². The molecule has 0 saturated carbocycles. The zero-order chi connectivity index (χ0) is 14.4. The fourth-order valence-corrected chi connectivity index (χ4v) is 2.78. The van der Waals surface area contributed by atoms with Gasteiger partial charge in [0.2, 0.25) is 5.91 Å². The van der Waals surface area contributed by atoms with Crippen molar-refractivity contribution in [3.8, 4) is 0 Å². The monoisotopic (exact) mass is 339 g/mol. The van der Waals surface area contributed by atoms with Crippen molar-refractivity contribution in [1.82, 2.24) is 9.80 Å². The van der Waals surface area contributed by atoms with Crippen molar-refractivity contribution < 1.29 is 4.79 Å². The van der Waals surface area contributed by atoms with E-state index in [-0.39, 0.29) is 5.91 Å². The lowest BCUT2D eigenvalue weighted by Gasteiger charge is -2.33. The molecule has 2 rings (SSSR count). The van der Waals surface area contributed by atoms with Crippen LogP contribution in [0.5, 0.6) is 0 Å². The maximum atomic E-state index is 11.9. The number of likely N-dealkylation sites (N-methyl/N-ethyl adjacent to an activating group) is 1. The molecule has 0 atom stereocenters. The first-order valence-electron chi connectivity index (χ1n) is 7.17. The van der Waals surface area contributed by atoms with Gasteiger partial charge in [-0.1, -0.05) is 28.9 Å². The van der Waals surface area contributed by atoms with Gasteiger partial charge in [-0.25, -0.2) is 0 Å². The number of piperazine rings is 1. The van der Waals surface area contributed by atoms with Gasteiger partial charge in [-0.15, -0.1) is 0 Å². The smallest absolute Gasteiger partial charge is 0.225 e. The minimum atomic E-state index is 0.0843. The van der Waals surface area contributed by atoms with Gasteiger partial charge >= 0.3 is 0 Å². The molecular weight excluding hydrogens is 318 g/mol. The number of rotatable bonds is 5.